The van der Waals surface area contributed by atoms with Crippen molar-refractivity contribution in [3.8, 4) is 0 Å². The molecule has 0 aliphatic carbocycles. The molecule has 0 spiro atoms. The number of carbonyl (C=O) groups is 2. The summed E-state index contributed by atoms with van der Waals surface area (Å²) in [4.78, 5) is 23.9. The summed E-state index contributed by atoms with van der Waals surface area (Å²) in [6.45, 7) is 3.33. The fourth-order valence-corrected chi connectivity index (χ4v) is 1.81. The number of carboxylic acids is 1. The number of aliphatic carboxylic acids is 1. The molecule has 1 amide bonds. The number of benzene rings is 1. The van der Waals surface area contributed by atoms with Gasteiger partial charge in [-0.1, -0.05) is 31.2 Å². The number of aryl methyl sites for hydroxylation is 1. The summed E-state index contributed by atoms with van der Waals surface area (Å²) in [7, 11) is 1.51. The quantitative estimate of drug-likeness (QED) is 0.866. The van der Waals surface area contributed by atoms with Crippen molar-refractivity contribution in [2.24, 2.45) is 0 Å². The predicted molar refractivity (Wildman–Crippen MR) is 64.6 cm³/mol. The fourth-order valence-electron chi connectivity index (χ4n) is 1.81. The summed E-state index contributed by atoms with van der Waals surface area (Å²) in [5.41, 5.74) is 1.63. The van der Waals surface area contributed by atoms with Gasteiger partial charge < -0.3 is 10.0 Å². The summed E-state index contributed by atoms with van der Waals surface area (Å²) in [6.07, 6.45) is 0.742. The van der Waals surface area contributed by atoms with Gasteiger partial charge in [0.15, 0.2) is 6.04 Å². The number of hydrogen-bond acceptors (Lipinski definition) is 2. The Kier molecular flexibility index (Phi) is 4.26. The van der Waals surface area contributed by atoms with Crippen molar-refractivity contribution in [3.05, 3.63) is 35.4 Å². The molecule has 0 bridgehead atoms. The van der Waals surface area contributed by atoms with Gasteiger partial charge in [-0.25, -0.2) is 4.79 Å². The molecular weight excluding hydrogens is 218 g/mol. The van der Waals surface area contributed by atoms with Crippen molar-refractivity contribution >= 4 is 11.9 Å². The summed E-state index contributed by atoms with van der Waals surface area (Å²) < 4.78 is 0. The lowest BCUT2D eigenvalue weighted by Gasteiger charge is -2.25. The van der Waals surface area contributed by atoms with E-state index in [9.17, 15) is 14.7 Å². The van der Waals surface area contributed by atoms with E-state index in [1.165, 1.54) is 18.9 Å². The van der Waals surface area contributed by atoms with Crippen molar-refractivity contribution in [1.29, 1.82) is 0 Å². The Morgan fingerprint density at radius 1 is 1.35 bits per heavy atom. The molecule has 0 heterocycles. The van der Waals surface area contributed by atoms with Crippen LogP contribution in [0.25, 0.3) is 0 Å². The van der Waals surface area contributed by atoms with Crippen LogP contribution in [0.15, 0.2) is 24.3 Å². The maximum absolute atomic E-state index is 11.3. The van der Waals surface area contributed by atoms with Crippen LogP contribution < -0.4 is 0 Å². The van der Waals surface area contributed by atoms with Gasteiger partial charge in [-0.15, -0.1) is 0 Å². The lowest BCUT2D eigenvalue weighted by atomic mass is 9.97. The SMILES string of the molecule is CCc1ccccc1C(C(=O)O)N(C)C(C)=O. The monoisotopic (exact) mass is 235 g/mol. The van der Waals surface area contributed by atoms with E-state index < -0.39 is 12.0 Å². The largest absolute Gasteiger partial charge is 0.479 e. The smallest absolute Gasteiger partial charge is 0.331 e. The third-order valence-corrected chi connectivity index (χ3v) is 2.85. The van der Waals surface area contributed by atoms with Crippen LogP contribution in [0.4, 0.5) is 0 Å². The minimum absolute atomic E-state index is 0.261. The van der Waals surface area contributed by atoms with Crippen molar-refractivity contribution in [2.75, 3.05) is 7.05 Å². The first-order valence-corrected chi connectivity index (χ1v) is 5.53. The van der Waals surface area contributed by atoms with Gasteiger partial charge in [0.1, 0.15) is 0 Å². The maximum atomic E-state index is 11.3. The molecule has 0 aliphatic rings. The molecule has 0 saturated carbocycles. The van der Waals surface area contributed by atoms with Crippen LogP contribution in [-0.4, -0.2) is 28.9 Å². The molecule has 0 fully saturated rings. The van der Waals surface area contributed by atoms with Crippen molar-refractivity contribution in [2.45, 2.75) is 26.3 Å². The van der Waals surface area contributed by atoms with Crippen LogP contribution >= 0.6 is 0 Å². The maximum Gasteiger partial charge on any atom is 0.331 e. The van der Waals surface area contributed by atoms with E-state index in [1.54, 1.807) is 12.1 Å². The van der Waals surface area contributed by atoms with Gasteiger partial charge in [-0.05, 0) is 17.5 Å². The molecule has 0 aliphatic heterocycles. The Morgan fingerprint density at radius 2 is 1.94 bits per heavy atom. The highest BCUT2D eigenvalue weighted by atomic mass is 16.4. The van der Waals surface area contributed by atoms with Crippen LogP contribution in [-0.2, 0) is 16.0 Å². The average molecular weight is 235 g/mol. The van der Waals surface area contributed by atoms with Crippen molar-refractivity contribution < 1.29 is 14.7 Å². The zero-order valence-corrected chi connectivity index (χ0v) is 10.3. The number of carboxylic acid groups (broad SMARTS) is 1. The first-order valence-electron chi connectivity index (χ1n) is 5.53. The van der Waals surface area contributed by atoms with E-state index in [0.717, 1.165) is 12.0 Å². The van der Waals surface area contributed by atoms with E-state index >= 15 is 0 Å². The molecule has 1 aromatic carbocycles. The molecule has 0 saturated heterocycles. The molecule has 1 rings (SSSR count). The normalized spacial score (nSPS) is 11.9. The minimum atomic E-state index is -1.01. The Morgan fingerprint density at radius 3 is 2.41 bits per heavy atom. The Balaban J connectivity index is 3.23. The molecule has 17 heavy (non-hydrogen) atoms. The van der Waals surface area contributed by atoms with Crippen LogP contribution in [0, 0.1) is 0 Å². The first kappa shape index (κ1) is 13.2. The molecule has 92 valence electrons. The number of amides is 1. The second-order valence-corrected chi connectivity index (χ2v) is 3.92. The van der Waals surface area contributed by atoms with Crippen LogP contribution in [0.3, 0.4) is 0 Å². The van der Waals surface area contributed by atoms with Gasteiger partial charge in [0, 0.05) is 14.0 Å². The van der Waals surface area contributed by atoms with E-state index in [1.807, 2.05) is 19.1 Å². The number of nitrogens with zero attached hydrogens (tertiary/aromatic N) is 1. The number of likely N-dealkylation sites (N-methyl/N-ethyl adjacent to an activating group) is 1. The molecule has 4 heteroatoms. The number of carbonyl (C=O) groups excluding carboxylic acids is 1. The third-order valence-electron chi connectivity index (χ3n) is 2.85. The summed E-state index contributed by atoms with van der Waals surface area (Å²) >= 11 is 0. The van der Waals surface area contributed by atoms with Gasteiger partial charge in [-0.2, -0.15) is 0 Å². The van der Waals surface area contributed by atoms with Gasteiger partial charge in [0.25, 0.3) is 0 Å². The van der Waals surface area contributed by atoms with E-state index in [4.69, 9.17) is 0 Å². The molecule has 1 unspecified atom stereocenters. The molecule has 1 N–H and O–H groups in total. The highest BCUT2D eigenvalue weighted by Gasteiger charge is 2.27. The molecule has 0 aromatic heterocycles. The molecule has 4 nitrogen and oxygen atoms in total. The fraction of sp³-hybridized carbons (Fsp3) is 0.385. The van der Waals surface area contributed by atoms with E-state index in [0.29, 0.717) is 5.56 Å². The van der Waals surface area contributed by atoms with Crippen LogP contribution in [0.5, 0.6) is 0 Å². The number of rotatable bonds is 4. The van der Waals surface area contributed by atoms with Crippen LogP contribution in [0.1, 0.15) is 31.0 Å². The lowest BCUT2D eigenvalue weighted by Crippen LogP contribution is -2.34. The average Bonchev–Trinajstić information content (AvgIpc) is 2.29. The highest BCUT2D eigenvalue weighted by Crippen LogP contribution is 2.24. The lowest BCUT2D eigenvalue weighted by molar-refractivity contribution is -0.148. The second kappa shape index (κ2) is 5.48. The topological polar surface area (TPSA) is 57.6 Å². The van der Waals surface area contributed by atoms with Gasteiger partial charge in [0.2, 0.25) is 5.91 Å². The zero-order valence-electron chi connectivity index (χ0n) is 10.3. The molecule has 1 atom stereocenters. The van der Waals surface area contributed by atoms with Crippen molar-refractivity contribution in [3.63, 3.8) is 0 Å². The van der Waals surface area contributed by atoms with Gasteiger partial charge in [0.05, 0.1) is 0 Å². The zero-order chi connectivity index (χ0) is 13.0. The standard InChI is InChI=1S/C13H17NO3/c1-4-10-7-5-6-8-11(10)12(13(16)17)14(3)9(2)15/h5-8,12H,4H2,1-3H3,(H,16,17). The van der Waals surface area contributed by atoms with E-state index in [-0.39, 0.29) is 5.91 Å². The summed E-state index contributed by atoms with van der Waals surface area (Å²) in [5, 5.41) is 9.27. The number of hydrogen-bond donors (Lipinski definition) is 1. The third kappa shape index (κ3) is 2.84. The second-order valence-electron chi connectivity index (χ2n) is 3.92. The van der Waals surface area contributed by atoms with Crippen LogP contribution in [0.2, 0.25) is 0 Å². The molecule has 1 aromatic rings. The van der Waals surface area contributed by atoms with Crippen molar-refractivity contribution in [1.82, 2.24) is 4.90 Å². The molecule has 0 radical (unpaired) electrons. The van der Waals surface area contributed by atoms with E-state index in [2.05, 4.69) is 0 Å². The summed E-state index contributed by atoms with van der Waals surface area (Å²) in [5.74, 6) is -1.27. The summed E-state index contributed by atoms with van der Waals surface area (Å²) in [6, 6.07) is 6.40. The van der Waals surface area contributed by atoms with Gasteiger partial charge in [-0.3, -0.25) is 4.79 Å². The Bertz CT molecular complexity index is 428. The van der Waals surface area contributed by atoms with Gasteiger partial charge >= 0.3 is 5.97 Å². The predicted octanol–water partition coefficient (Wildman–Crippen LogP) is 1.85. The minimum Gasteiger partial charge on any atom is -0.479 e. The highest BCUT2D eigenvalue weighted by molar-refractivity contribution is 5.83. The Hall–Kier alpha value is -1.84. The Labute approximate surface area is 101 Å². The first-order chi connectivity index (χ1) is 7.99. The molecular formula is C13H17NO3.